The molecule has 3 heterocycles. The first-order chi connectivity index (χ1) is 21.9. The summed E-state index contributed by atoms with van der Waals surface area (Å²) < 4.78 is 54.9. The van der Waals surface area contributed by atoms with Gasteiger partial charge in [0.1, 0.15) is 6.33 Å². The van der Waals surface area contributed by atoms with E-state index in [2.05, 4.69) is 29.0 Å². The molecule has 0 saturated heterocycles. The lowest BCUT2D eigenvalue weighted by Gasteiger charge is -2.36. The molecule has 1 aliphatic heterocycles. The molecule has 2 aromatic carbocycles. The van der Waals surface area contributed by atoms with Gasteiger partial charge in [0.2, 0.25) is 0 Å². The summed E-state index contributed by atoms with van der Waals surface area (Å²) in [5.74, 6) is -0.837. The van der Waals surface area contributed by atoms with Crippen molar-refractivity contribution in [1.29, 1.82) is 0 Å². The van der Waals surface area contributed by atoms with Crippen molar-refractivity contribution in [3.05, 3.63) is 83.2 Å². The molecular formula is C31H31ClF4N8O2. The van der Waals surface area contributed by atoms with E-state index in [0.29, 0.717) is 39.3 Å². The Kier molecular flexibility index (Phi) is 8.13. The first-order valence-electron chi connectivity index (χ1n) is 14.6. The van der Waals surface area contributed by atoms with Crippen molar-refractivity contribution < 1.29 is 27.5 Å². The van der Waals surface area contributed by atoms with E-state index in [1.165, 1.54) is 29.4 Å². The number of alkyl halides is 4. The fourth-order valence-corrected chi connectivity index (χ4v) is 6.53. The van der Waals surface area contributed by atoms with Gasteiger partial charge < -0.3 is 10.8 Å². The van der Waals surface area contributed by atoms with E-state index in [0.717, 1.165) is 23.9 Å². The normalized spacial score (nSPS) is 19.4. The fraction of sp³-hybridized carbons (Fsp3) is 0.387. The molecule has 6 rings (SSSR count). The van der Waals surface area contributed by atoms with E-state index in [-0.39, 0.29) is 22.1 Å². The Morgan fingerprint density at radius 2 is 1.80 bits per heavy atom. The summed E-state index contributed by atoms with van der Waals surface area (Å²) in [6.07, 6.45) is 2.97. The zero-order valence-corrected chi connectivity index (χ0v) is 25.6. The van der Waals surface area contributed by atoms with Gasteiger partial charge in [-0.3, -0.25) is 9.69 Å². The molecule has 0 unspecified atom stereocenters. The summed E-state index contributed by atoms with van der Waals surface area (Å²) in [6, 6.07) is 10.3. The summed E-state index contributed by atoms with van der Waals surface area (Å²) in [5, 5.41) is 18.3. The highest BCUT2D eigenvalue weighted by Gasteiger charge is 2.55. The lowest BCUT2D eigenvalue weighted by atomic mass is 9.72. The smallest absolute Gasteiger partial charge is 0.333 e. The van der Waals surface area contributed by atoms with Crippen LogP contribution in [-0.2, 0) is 10.3 Å². The molecule has 4 aromatic rings. The van der Waals surface area contributed by atoms with Gasteiger partial charge in [0.15, 0.2) is 17.3 Å². The first-order valence-corrected chi connectivity index (χ1v) is 14.9. The molecule has 10 nitrogen and oxygen atoms in total. The lowest BCUT2D eigenvalue weighted by Crippen LogP contribution is -2.47. The van der Waals surface area contributed by atoms with Gasteiger partial charge in [-0.2, -0.15) is 19.0 Å². The van der Waals surface area contributed by atoms with Crippen LogP contribution in [-0.4, -0.2) is 53.0 Å². The van der Waals surface area contributed by atoms with E-state index in [1.807, 2.05) is 0 Å². The molecule has 2 aromatic heterocycles. The summed E-state index contributed by atoms with van der Waals surface area (Å²) in [6.45, 7) is 0.806. The summed E-state index contributed by atoms with van der Waals surface area (Å²) in [7, 11) is 0. The Morgan fingerprint density at radius 3 is 2.41 bits per heavy atom. The van der Waals surface area contributed by atoms with Crippen molar-refractivity contribution in [2.75, 3.05) is 6.61 Å². The van der Waals surface area contributed by atoms with Crippen LogP contribution in [0.25, 0.3) is 16.8 Å². The van der Waals surface area contributed by atoms with Gasteiger partial charge in [-0.05, 0) is 59.4 Å². The average molecular weight is 659 g/mol. The molecule has 0 radical (unpaired) electrons. The molecule has 15 heteroatoms. The lowest BCUT2D eigenvalue weighted by molar-refractivity contribution is -0.135. The minimum absolute atomic E-state index is 0.0828. The number of hydrogen-bond donors (Lipinski definition) is 2. The third kappa shape index (κ3) is 5.53. The van der Waals surface area contributed by atoms with Gasteiger partial charge in [-0.15, -0.1) is 0 Å². The van der Waals surface area contributed by atoms with Crippen LogP contribution < -0.4 is 5.73 Å². The Hall–Kier alpha value is -4.30. The van der Waals surface area contributed by atoms with Crippen molar-refractivity contribution in [2.45, 2.75) is 57.7 Å². The van der Waals surface area contributed by atoms with E-state index in [9.17, 15) is 27.5 Å². The van der Waals surface area contributed by atoms with Crippen LogP contribution in [0.3, 0.4) is 0 Å². The van der Waals surface area contributed by atoms with Crippen molar-refractivity contribution >= 4 is 23.5 Å². The molecule has 242 valence electrons. The topological polar surface area (TPSA) is 127 Å². The second-order valence-corrected chi connectivity index (χ2v) is 12.7. The maximum Gasteiger partial charge on any atom is 0.333 e. The average Bonchev–Trinajstić information content (AvgIpc) is 3.48. The highest BCUT2D eigenvalue weighted by Crippen LogP contribution is 2.54. The predicted octanol–water partition coefficient (Wildman–Crippen LogP) is 6.03. The van der Waals surface area contributed by atoms with Gasteiger partial charge >= 0.3 is 6.55 Å². The van der Waals surface area contributed by atoms with Crippen LogP contribution in [0.15, 0.2) is 66.2 Å². The highest BCUT2D eigenvalue weighted by atomic mass is 35.5. The quantitative estimate of drug-likeness (QED) is 0.190. The molecule has 0 bridgehead atoms. The third-order valence-electron chi connectivity index (χ3n) is 8.85. The van der Waals surface area contributed by atoms with E-state index in [1.54, 1.807) is 30.3 Å². The van der Waals surface area contributed by atoms with Gasteiger partial charge in [-0.25, -0.2) is 28.1 Å². The van der Waals surface area contributed by atoms with Crippen molar-refractivity contribution in [3.8, 4) is 16.8 Å². The van der Waals surface area contributed by atoms with E-state index >= 15 is 0 Å². The predicted molar refractivity (Wildman–Crippen MR) is 161 cm³/mol. The molecule has 2 aliphatic rings. The minimum atomic E-state index is -2.93. The summed E-state index contributed by atoms with van der Waals surface area (Å²) >= 11 is 6.37. The SMILES string of the molecule is CC(C)(C[C@]1(c2ccc(-c3cnn(C(F)F)c3)cc2)N=C(N)N([C@H](CO)c2ccc(Cl)c(-n3ncnc3C(F)F)c2)C1=O)C1CC1. The van der Waals surface area contributed by atoms with Crippen LogP contribution in [0.4, 0.5) is 17.6 Å². The highest BCUT2D eigenvalue weighted by molar-refractivity contribution is 6.32. The molecule has 0 spiro atoms. The Labute approximate surface area is 266 Å². The van der Waals surface area contributed by atoms with Crippen molar-refractivity contribution in [1.82, 2.24) is 29.4 Å². The van der Waals surface area contributed by atoms with Crippen LogP contribution in [0.1, 0.15) is 69.1 Å². The second-order valence-electron chi connectivity index (χ2n) is 12.2. The Morgan fingerprint density at radius 1 is 1.09 bits per heavy atom. The zero-order chi connectivity index (χ0) is 33.0. The Balaban J connectivity index is 1.39. The van der Waals surface area contributed by atoms with Crippen LogP contribution >= 0.6 is 11.6 Å². The second kappa shape index (κ2) is 11.8. The molecule has 2 atom stereocenters. The number of halogens is 5. The zero-order valence-electron chi connectivity index (χ0n) is 24.9. The number of aliphatic hydroxyl groups excluding tert-OH is 1. The number of aliphatic hydroxyl groups is 1. The van der Waals surface area contributed by atoms with Gasteiger partial charge in [0.25, 0.3) is 12.3 Å². The van der Waals surface area contributed by atoms with E-state index in [4.69, 9.17) is 22.3 Å². The number of benzene rings is 2. The van der Waals surface area contributed by atoms with Crippen LogP contribution in [0.5, 0.6) is 0 Å². The molecule has 1 saturated carbocycles. The number of amides is 1. The monoisotopic (exact) mass is 658 g/mol. The standard InChI is InChI=1S/C31H31ClF4N8O2/c1-30(2,20-8-9-20)15-31(21-6-3-17(4-7-21)19-12-39-42(13-19)28(35)36)27(46)43(29(37)41-31)24(14-45)18-5-10-22(32)23(11-18)44-26(25(33)34)38-16-40-44/h3-7,10-13,16,20,24-25,28,45H,8-9,14-15H2,1-2H3,(H2,37,41)/t24-,31-/m1/s1. The van der Waals surface area contributed by atoms with Crippen molar-refractivity contribution in [3.63, 3.8) is 0 Å². The number of nitrogens with zero attached hydrogens (tertiary/aromatic N) is 7. The maximum absolute atomic E-state index is 14.7. The molecule has 1 amide bonds. The maximum atomic E-state index is 14.7. The number of guanidine groups is 1. The van der Waals surface area contributed by atoms with Crippen LogP contribution in [0, 0.1) is 11.3 Å². The van der Waals surface area contributed by atoms with Gasteiger partial charge in [0, 0.05) is 11.8 Å². The minimum Gasteiger partial charge on any atom is -0.394 e. The molecule has 3 N–H and O–H groups in total. The molecular weight excluding hydrogens is 628 g/mol. The van der Waals surface area contributed by atoms with Crippen molar-refractivity contribution in [2.24, 2.45) is 22.1 Å². The Bertz CT molecular complexity index is 1790. The number of rotatable bonds is 11. The molecule has 46 heavy (non-hydrogen) atoms. The number of carbonyl (C=O) groups excluding carboxylic acids is 1. The molecule has 1 aliphatic carbocycles. The van der Waals surface area contributed by atoms with E-state index < -0.39 is 42.9 Å². The number of nitrogens with two attached hydrogens (primary N) is 1. The molecule has 1 fully saturated rings. The summed E-state index contributed by atoms with van der Waals surface area (Å²) in [5.41, 5.74) is 6.79. The number of aromatic nitrogens is 5. The summed E-state index contributed by atoms with van der Waals surface area (Å²) in [4.78, 5) is 24.3. The first kappa shape index (κ1) is 31.7. The number of carbonyl (C=O) groups is 1. The van der Waals surface area contributed by atoms with Gasteiger partial charge in [0.05, 0.1) is 29.6 Å². The van der Waals surface area contributed by atoms with Crippen LogP contribution in [0.2, 0.25) is 5.02 Å². The third-order valence-corrected chi connectivity index (χ3v) is 9.17. The largest absolute Gasteiger partial charge is 0.394 e. The number of hydrogen-bond acceptors (Lipinski definition) is 7. The number of aliphatic imine (C=N–C) groups is 1. The van der Waals surface area contributed by atoms with Gasteiger partial charge in [-0.1, -0.05) is 55.8 Å². The fourth-order valence-electron chi connectivity index (χ4n) is 6.33.